The summed E-state index contributed by atoms with van der Waals surface area (Å²) in [6.45, 7) is 2.82. The maximum absolute atomic E-state index is 11.7. The predicted octanol–water partition coefficient (Wildman–Crippen LogP) is 0.704. The molecule has 1 aromatic carbocycles. The van der Waals surface area contributed by atoms with Gasteiger partial charge in [-0.05, 0) is 19.1 Å². The minimum Gasteiger partial charge on any atom is -0.462 e. The Morgan fingerprint density at radius 1 is 1.42 bits per heavy atom. The quantitative estimate of drug-likeness (QED) is 0.730. The highest BCUT2D eigenvalue weighted by molar-refractivity contribution is 5.92. The summed E-state index contributed by atoms with van der Waals surface area (Å²) in [6.07, 6.45) is 5.68. The fraction of sp³-hybridized carbons (Fsp3) is 0.200. The molecule has 4 nitrogen and oxygen atoms in total. The Morgan fingerprint density at radius 2 is 2.26 bits per heavy atom. The van der Waals surface area contributed by atoms with Crippen LogP contribution >= 0.6 is 0 Å². The smallest absolute Gasteiger partial charge is 0.337 e. The Balaban J connectivity index is 1.99. The summed E-state index contributed by atoms with van der Waals surface area (Å²) in [4.78, 5) is 18.3. The van der Waals surface area contributed by atoms with Gasteiger partial charge in [-0.1, -0.05) is 24.3 Å². The number of rotatable bonds is 2. The van der Waals surface area contributed by atoms with E-state index in [0.29, 0.717) is 18.7 Å². The molecule has 2 aliphatic heterocycles. The van der Waals surface area contributed by atoms with Crippen LogP contribution in [0.2, 0.25) is 0 Å². The first-order valence-corrected chi connectivity index (χ1v) is 6.29. The van der Waals surface area contributed by atoms with Gasteiger partial charge in [-0.2, -0.15) is 0 Å². The normalized spacial score (nSPS) is 16.2. The zero-order valence-corrected chi connectivity index (χ0v) is 10.7. The van der Waals surface area contributed by atoms with Crippen molar-refractivity contribution < 1.29 is 9.53 Å². The Morgan fingerprint density at radius 3 is 3.11 bits per heavy atom. The number of fused-ring (bicyclic) bond motifs is 2. The highest BCUT2D eigenvalue weighted by atomic mass is 16.5. The van der Waals surface area contributed by atoms with Gasteiger partial charge >= 0.3 is 5.97 Å². The third-order valence-electron chi connectivity index (χ3n) is 3.06. The monoisotopic (exact) mass is 254 g/mol. The van der Waals surface area contributed by atoms with Gasteiger partial charge in [-0.25, -0.2) is 9.79 Å². The predicted molar refractivity (Wildman–Crippen MR) is 71.2 cm³/mol. The third kappa shape index (κ3) is 2.17. The van der Waals surface area contributed by atoms with Crippen LogP contribution in [-0.2, 0) is 9.53 Å². The Bertz CT molecular complexity index is 701. The van der Waals surface area contributed by atoms with E-state index in [0.717, 1.165) is 16.4 Å². The van der Waals surface area contributed by atoms with Crippen LogP contribution in [0.4, 0.5) is 0 Å². The first-order valence-electron chi connectivity index (χ1n) is 6.29. The van der Waals surface area contributed by atoms with Gasteiger partial charge in [-0.15, -0.1) is 0 Å². The Kier molecular flexibility index (Phi) is 2.91. The van der Waals surface area contributed by atoms with Crippen molar-refractivity contribution in [3.8, 4) is 0 Å². The lowest BCUT2D eigenvalue weighted by atomic mass is 10.1. The summed E-state index contributed by atoms with van der Waals surface area (Å²) in [5.74, 6) is 0.493. The molecule has 4 heteroatoms. The van der Waals surface area contributed by atoms with Crippen molar-refractivity contribution in [2.45, 2.75) is 6.92 Å². The zero-order valence-electron chi connectivity index (χ0n) is 10.7. The molecule has 0 fully saturated rings. The van der Waals surface area contributed by atoms with Crippen LogP contribution in [0.25, 0.3) is 6.20 Å². The number of esters is 1. The summed E-state index contributed by atoms with van der Waals surface area (Å²) in [5.41, 5.74) is 0.574. The van der Waals surface area contributed by atoms with Crippen molar-refractivity contribution in [1.82, 2.24) is 4.90 Å². The van der Waals surface area contributed by atoms with Crippen LogP contribution in [0.5, 0.6) is 0 Å². The third-order valence-corrected chi connectivity index (χ3v) is 3.06. The fourth-order valence-electron chi connectivity index (χ4n) is 2.13. The molecule has 0 aromatic heterocycles. The second-order valence-corrected chi connectivity index (χ2v) is 4.33. The average Bonchev–Trinajstić information content (AvgIpc) is 2.44. The van der Waals surface area contributed by atoms with E-state index < -0.39 is 0 Å². The average molecular weight is 254 g/mol. The lowest BCUT2D eigenvalue weighted by Crippen LogP contribution is -2.36. The second kappa shape index (κ2) is 4.72. The van der Waals surface area contributed by atoms with Gasteiger partial charge in [0.15, 0.2) is 0 Å². The van der Waals surface area contributed by atoms with E-state index in [1.54, 1.807) is 13.0 Å². The minimum absolute atomic E-state index is 0.288. The first-order chi connectivity index (χ1) is 9.28. The number of ether oxygens (including phenoxy) is 1. The molecule has 0 radical (unpaired) electrons. The van der Waals surface area contributed by atoms with Gasteiger partial charge in [0.2, 0.25) is 0 Å². The number of para-hydroxylation sites is 1. The van der Waals surface area contributed by atoms with Gasteiger partial charge in [0, 0.05) is 18.0 Å². The molecule has 2 heterocycles. The molecule has 0 N–H and O–H groups in total. The maximum Gasteiger partial charge on any atom is 0.337 e. The fourth-order valence-corrected chi connectivity index (χ4v) is 2.13. The Labute approximate surface area is 111 Å². The Hall–Kier alpha value is -2.36. The number of carbonyl (C=O) groups excluding carboxylic acids is 1. The highest BCUT2D eigenvalue weighted by Crippen LogP contribution is 2.18. The van der Waals surface area contributed by atoms with Gasteiger partial charge in [0.1, 0.15) is 5.82 Å². The molecule has 3 rings (SSSR count). The van der Waals surface area contributed by atoms with Crippen LogP contribution in [0.1, 0.15) is 6.92 Å². The van der Waals surface area contributed by atoms with Crippen molar-refractivity contribution in [1.29, 1.82) is 0 Å². The van der Waals surface area contributed by atoms with Crippen molar-refractivity contribution in [2.24, 2.45) is 4.99 Å². The van der Waals surface area contributed by atoms with Gasteiger partial charge in [0.25, 0.3) is 0 Å². The van der Waals surface area contributed by atoms with Crippen LogP contribution < -0.4 is 10.6 Å². The van der Waals surface area contributed by atoms with Crippen LogP contribution in [-0.4, -0.2) is 24.0 Å². The standard InChI is InChI=1S/C15H14N2O2/c1-2-19-15(18)11-7-8-17-10-12-5-3-4-6-13(12)16-14(17)9-11/h3-7,9-10H,2,8H2,1H3. The lowest BCUT2D eigenvalue weighted by molar-refractivity contribution is -0.138. The number of hydrogen-bond acceptors (Lipinski definition) is 4. The summed E-state index contributed by atoms with van der Waals surface area (Å²) in [7, 11) is 0. The molecular formula is C15H14N2O2. The van der Waals surface area contributed by atoms with Crippen molar-refractivity contribution in [3.05, 3.63) is 58.4 Å². The van der Waals surface area contributed by atoms with Crippen molar-refractivity contribution in [2.75, 3.05) is 13.2 Å². The molecule has 2 aliphatic rings. The first kappa shape index (κ1) is 11.7. The molecule has 0 atom stereocenters. The number of carbonyl (C=O) groups is 1. The van der Waals surface area contributed by atoms with Crippen molar-refractivity contribution >= 4 is 12.2 Å². The SMILES string of the molecule is CCOC(=O)C1=CCN2C=c3ccccc3=NC2=C1. The minimum atomic E-state index is -0.288. The van der Waals surface area contributed by atoms with E-state index in [1.165, 1.54) is 0 Å². The summed E-state index contributed by atoms with van der Waals surface area (Å²) in [6, 6.07) is 7.94. The van der Waals surface area contributed by atoms with Crippen LogP contribution in [0.15, 0.2) is 52.8 Å². The van der Waals surface area contributed by atoms with Gasteiger partial charge < -0.3 is 9.64 Å². The molecule has 1 aromatic rings. The lowest BCUT2D eigenvalue weighted by Gasteiger charge is -2.25. The molecular weight excluding hydrogens is 240 g/mol. The van der Waals surface area contributed by atoms with Crippen LogP contribution in [0, 0.1) is 0 Å². The number of hydrogen-bond donors (Lipinski definition) is 0. The number of benzene rings is 1. The molecule has 0 saturated heterocycles. The molecule has 0 unspecified atom stereocenters. The second-order valence-electron chi connectivity index (χ2n) is 4.33. The van der Waals surface area contributed by atoms with E-state index in [4.69, 9.17) is 4.74 Å². The zero-order chi connectivity index (χ0) is 13.2. The van der Waals surface area contributed by atoms with Gasteiger partial charge in [-0.3, -0.25) is 0 Å². The molecule has 0 spiro atoms. The molecule has 0 amide bonds. The largest absolute Gasteiger partial charge is 0.462 e. The maximum atomic E-state index is 11.7. The molecule has 0 aliphatic carbocycles. The van der Waals surface area contributed by atoms with Gasteiger partial charge in [0.05, 0.1) is 17.5 Å². The molecule has 0 saturated carbocycles. The molecule has 0 bridgehead atoms. The summed E-state index contributed by atoms with van der Waals surface area (Å²) >= 11 is 0. The topological polar surface area (TPSA) is 41.9 Å². The summed E-state index contributed by atoms with van der Waals surface area (Å²) < 4.78 is 5.01. The van der Waals surface area contributed by atoms with E-state index >= 15 is 0 Å². The number of nitrogens with zero attached hydrogens (tertiary/aromatic N) is 2. The van der Waals surface area contributed by atoms with E-state index in [1.807, 2.05) is 41.4 Å². The van der Waals surface area contributed by atoms with E-state index in [9.17, 15) is 4.79 Å². The molecule has 96 valence electrons. The van der Waals surface area contributed by atoms with E-state index in [-0.39, 0.29) is 5.97 Å². The van der Waals surface area contributed by atoms with Crippen molar-refractivity contribution in [3.63, 3.8) is 0 Å². The highest BCUT2D eigenvalue weighted by Gasteiger charge is 2.18. The van der Waals surface area contributed by atoms with E-state index in [2.05, 4.69) is 4.99 Å². The summed E-state index contributed by atoms with van der Waals surface area (Å²) in [5, 5.41) is 2.02. The van der Waals surface area contributed by atoms with Crippen LogP contribution in [0.3, 0.4) is 0 Å². The molecule has 19 heavy (non-hydrogen) atoms.